The summed E-state index contributed by atoms with van der Waals surface area (Å²) in [5.41, 5.74) is -1.26. The van der Waals surface area contributed by atoms with Crippen molar-refractivity contribution in [1.29, 1.82) is 0 Å². The lowest BCUT2D eigenvalue weighted by Gasteiger charge is -1.97. The first-order valence-corrected chi connectivity index (χ1v) is 7.01. The molecule has 0 bridgehead atoms. The first-order valence-electron chi connectivity index (χ1n) is 5.42. The lowest BCUT2D eigenvalue weighted by Crippen LogP contribution is -2.04. The van der Waals surface area contributed by atoms with Gasteiger partial charge in [-0.3, -0.25) is 0 Å². The average molecular weight is 382 g/mol. The fourth-order valence-corrected chi connectivity index (χ4v) is 2.76. The Morgan fingerprint density at radius 2 is 1.11 bits per heavy atom. The first kappa shape index (κ1) is 12.6. The van der Waals surface area contributed by atoms with Crippen LogP contribution in [0, 0.1) is 0 Å². The maximum absolute atomic E-state index is 11.9. The van der Waals surface area contributed by atoms with Crippen LogP contribution in [0.2, 0.25) is 0 Å². The molecule has 0 atom stereocenters. The topological polar surface area (TPSA) is 47.3 Å². The van der Waals surface area contributed by atoms with Gasteiger partial charge in [-0.1, -0.05) is 44.0 Å². The number of hydrogen-bond acceptors (Lipinski definition) is 3. The molecule has 0 aliphatic carbocycles. The van der Waals surface area contributed by atoms with Gasteiger partial charge in [0, 0.05) is 8.95 Å². The molecule has 1 heterocycles. The zero-order valence-electron chi connectivity index (χ0n) is 9.44. The molecule has 0 aliphatic heterocycles. The van der Waals surface area contributed by atoms with Crippen LogP contribution in [0.3, 0.4) is 0 Å². The largest absolute Gasteiger partial charge is 0.386 e. The molecule has 0 amide bonds. The summed E-state index contributed by atoms with van der Waals surface area (Å²) < 4.78 is 6.38. The summed E-state index contributed by atoms with van der Waals surface area (Å²) in [6, 6.07) is 10.6. The number of fused-ring (bicyclic) bond motifs is 3. The number of rotatable bonds is 0. The van der Waals surface area contributed by atoms with E-state index in [1.54, 1.807) is 24.3 Å². The molecule has 0 aliphatic rings. The van der Waals surface area contributed by atoms with Gasteiger partial charge in [-0.15, -0.1) is 0 Å². The number of halogens is 2. The van der Waals surface area contributed by atoms with Crippen LogP contribution in [0.4, 0.5) is 0 Å². The van der Waals surface area contributed by atoms with Crippen molar-refractivity contribution in [2.45, 2.75) is 0 Å². The van der Waals surface area contributed by atoms with Crippen LogP contribution < -0.4 is 11.3 Å². The molecule has 3 aromatic rings. The van der Waals surface area contributed by atoms with Gasteiger partial charge in [0.25, 0.3) is 0 Å². The normalized spacial score (nSPS) is 11.1. The molecule has 19 heavy (non-hydrogen) atoms. The highest BCUT2D eigenvalue weighted by Gasteiger charge is 2.08. The molecular formula is C14H6Br2O3. The summed E-state index contributed by atoms with van der Waals surface area (Å²) in [6.45, 7) is 0. The summed E-state index contributed by atoms with van der Waals surface area (Å²) in [4.78, 5) is 23.9. The molecule has 2 aromatic carbocycles. The standard InChI is InChI=1S/C14H6Br2O3/c15-7-1-3-9-10-4-2-8(16)6-12(10)14(18)19-13(17)11(9)5-7/h1-6H. The molecule has 1 aromatic heterocycles. The predicted molar refractivity (Wildman–Crippen MR) is 81.7 cm³/mol. The Labute approximate surface area is 124 Å². The van der Waals surface area contributed by atoms with E-state index in [2.05, 4.69) is 31.9 Å². The molecule has 94 valence electrons. The Bertz CT molecular complexity index is 854. The van der Waals surface area contributed by atoms with E-state index in [0.29, 0.717) is 21.5 Å². The molecular weight excluding hydrogens is 376 g/mol. The second kappa shape index (κ2) is 4.58. The van der Waals surface area contributed by atoms with Gasteiger partial charge in [0.2, 0.25) is 0 Å². The van der Waals surface area contributed by atoms with E-state index in [9.17, 15) is 9.59 Å². The van der Waals surface area contributed by atoms with Gasteiger partial charge in [-0.25, -0.2) is 9.59 Å². The first-order chi connectivity index (χ1) is 9.06. The van der Waals surface area contributed by atoms with Crippen LogP contribution in [-0.2, 0) is 0 Å². The SMILES string of the molecule is O=c1oc(=O)c2cc(Br)ccc2c2ccc(Br)cc12. The summed E-state index contributed by atoms with van der Waals surface area (Å²) >= 11 is 6.62. The average Bonchev–Trinajstić information content (AvgIpc) is 2.47. The molecule has 0 unspecified atom stereocenters. The van der Waals surface area contributed by atoms with Gasteiger partial charge in [0.05, 0.1) is 10.8 Å². The highest BCUT2D eigenvalue weighted by Crippen LogP contribution is 2.24. The van der Waals surface area contributed by atoms with Crippen molar-refractivity contribution in [2.24, 2.45) is 0 Å². The molecule has 0 fully saturated rings. The van der Waals surface area contributed by atoms with Crippen LogP contribution in [0.15, 0.2) is 59.3 Å². The molecule has 3 rings (SSSR count). The summed E-state index contributed by atoms with van der Waals surface area (Å²) in [5.74, 6) is 0. The van der Waals surface area contributed by atoms with E-state index >= 15 is 0 Å². The summed E-state index contributed by atoms with van der Waals surface area (Å²) in [7, 11) is 0. The van der Waals surface area contributed by atoms with Crippen LogP contribution in [0.1, 0.15) is 0 Å². The number of hydrogen-bond donors (Lipinski definition) is 0. The number of benzene rings is 2. The monoisotopic (exact) mass is 380 g/mol. The molecule has 0 radical (unpaired) electrons. The Kier molecular flexibility index (Phi) is 3.03. The maximum atomic E-state index is 11.9. The third kappa shape index (κ3) is 2.13. The van der Waals surface area contributed by atoms with E-state index < -0.39 is 11.3 Å². The quantitative estimate of drug-likeness (QED) is 0.594. The predicted octanol–water partition coefficient (Wildman–Crippen LogP) is 3.83. The minimum absolute atomic E-state index is 0.379. The van der Waals surface area contributed by atoms with E-state index in [1.807, 2.05) is 12.1 Å². The van der Waals surface area contributed by atoms with Crippen molar-refractivity contribution in [3.63, 3.8) is 0 Å². The summed E-state index contributed by atoms with van der Waals surface area (Å²) in [6.07, 6.45) is 0. The lowest BCUT2D eigenvalue weighted by atomic mass is 10.1. The van der Waals surface area contributed by atoms with Crippen molar-refractivity contribution in [3.05, 3.63) is 66.2 Å². The minimum atomic E-state index is -0.631. The van der Waals surface area contributed by atoms with Gasteiger partial charge in [-0.2, -0.15) is 0 Å². The van der Waals surface area contributed by atoms with Crippen LogP contribution in [-0.4, -0.2) is 0 Å². The minimum Gasteiger partial charge on any atom is -0.386 e. The van der Waals surface area contributed by atoms with Gasteiger partial charge in [-0.05, 0) is 35.0 Å². The van der Waals surface area contributed by atoms with Crippen LogP contribution >= 0.6 is 31.9 Å². The lowest BCUT2D eigenvalue weighted by molar-refractivity contribution is 0.491. The van der Waals surface area contributed by atoms with E-state index in [0.717, 1.165) is 8.95 Å². The zero-order valence-corrected chi connectivity index (χ0v) is 12.6. The van der Waals surface area contributed by atoms with E-state index in [-0.39, 0.29) is 0 Å². The molecule has 3 nitrogen and oxygen atoms in total. The Morgan fingerprint density at radius 1 is 0.684 bits per heavy atom. The molecule has 5 heteroatoms. The third-order valence-corrected chi connectivity index (χ3v) is 3.87. The molecule has 0 spiro atoms. The zero-order chi connectivity index (χ0) is 13.6. The van der Waals surface area contributed by atoms with E-state index in [4.69, 9.17) is 4.42 Å². The maximum Gasteiger partial charge on any atom is 0.346 e. The molecule has 0 N–H and O–H groups in total. The van der Waals surface area contributed by atoms with Crippen molar-refractivity contribution >= 4 is 53.4 Å². The van der Waals surface area contributed by atoms with Crippen LogP contribution in [0.25, 0.3) is 21.5 Å². The Hall–Kier alpha value is -1.46. The summed E-state index contributed by atoms with van der Waals surface area (Å²) in [5, 5.41) is 2.15. The van der Waals surface area contributed by atoms with Crippen molar-refractivity contribution in [1.82, 2.24) is 0 Å². The fourth-order valence-electron chi connectivity index (χ4n) is 2.03. The highest BCUT2D eigenvalue weighted by atomic mass is 79.9. The van der Waals surface area contributed by atoms with Crippen molar-refractivity contribution in [2.75, 3.05) is 0 Å². The Morgan fingerprint density at radius 3 is 1.53 bits per heavy atom. The second-order valence-electron chi connectivity index (χ2n) is 4.06. The van der Waals surface area contributed by atoms with Gasteiger partial charge >= 0.3 is 11.3 Å². The van der Waals surface area contributed by atoms with Gasteiger partial charge in [0.15, 0.2) is 0 Å². The van der Waals surface area contributed by atoms with Crippen molar-refractivity contribution in [3.8, 4) is 0 Å². The smallest absolute Gasteiger partial charge is 0.346 e. The highest BCUT2D eigenvalue weighted by molar-refractivity contribution is 9.10. The fraction of sp³-hybridized carbons (Fsp3) is 0. The van der Waals surface area contributed by atoms with E-state index in [1.165, 1.54) is 0 Å². The Balaban J connectivity index is 2.75. The molecule has 0 saturated carbocycles. The van der Waals surface area contributed by atoms with Crippen molar-refractivity contribution < 1.29 is 4.42 Å². The van der Waals surface area contributed by atoms with Crippen LogP contribution in [0.5, 0.6) is 0 Å². The molecule has 0 saturated heterocycles. The van der Waals surface area contributed by atoms with Gasteiger partial charge in [0.1, 0.15) is 0 Å². The second-order valence-corrected chi connectivity index (χ2v) is 5.89. The third-order valence-electron chi connectivity index (χ3n) is 2.88. The van der Waals surface area contributed by atoms with Gasteiger partial charge < -0.3 is 4.42 Å².